The molecule has 0 bridgehead atoms. The van der Waals surface area contributed by atoms with Crippen molar-refractivity contribution >= 4 is 22.9 Å². The third-order valence-electron chi connectivity index (χ3n) is 5.43. The molecule has 7 nitrogen and oxygen atoms in total. The Bertz CT molecular complexity index is 1240. The van der Waals surface area contributed by atoms with Crippen molar-refractivity contribution in [3.63, 3.8) is 0 Å². The molecule has 1 amide bonds. The van der Waals surface area contributed by atoms with Crippen molar-refractivity contribution < 1.29 is 36.6 Å². The Balaban J connectivity index is 0.000000429. The van der Waals surface area contributed by atoms with E-state index in [0.717, 1.165) is 30.8 Å². The van der Waals surface area contributed by atoms with Crippen LogP contribution >= 0.6 is 0 Å². The summed E-state index contributed by atoms with van der Waals surface area (Å²) in [4.78, 5) is 26.0. The number of carbonyl (C=O) groups is 2. The fourth-order valence-corrected chi connectivity index (χ4v) is 3.75. The number of carboxylic acids is 1. The number of nitrogens with zero attached hydrogens (tertiary/aromatic N) is 2. The predicted molar refractivity (Wildman–Crippen MR) is 116 cm³/mol. The monoisotopic (exact) mass is 498 g/mol. The first kappa shape index (κ1) is 26.1. The molecule has 2 aromatic carbocycles. The van der Waals surface area contributed by atoms with Gasteiger partial charge in [-0.3, -0.25) is 4.79 Å². The fourth-order valence-electron chi connectivity index (χ4n) is 3.75. The second-order valence-corrected chi connectivity index (χ2v) is 8.32. The number of fused-ring (bicyclic) bond motifs is 2. The molecule has 0 spiro atoms. The van der Waals surface area contributed by atoms with E-state index < -0.39 is 29.8 Å². The van der Waals surface area contributed by atoms with Crippen LogP contribution in [0.3, 0.4) is 0 Å². The summed E-state index contributed by atoms with van der Waals surface area (Å²) in [6, 6.07) is 7.76. The zero-order valence-corrected chi connectivity index (χ0v) is 18.8. The number of nitrogens with one attached hydrogen (secondary N) is 2. The Kier molecular flexibility index (Phi) is 7.73. The van der Waals surface area contributed by atoms with Gasteiger partial charge in [-0.25, -0.2) is 18.6 Å². The summed E-state index contributed by atoms with van der Waals surface area (Å²) in [6.45, 7) is 5.95. The number of rotatable bonds is 5. The molecule has 0 saturated carbocycles. The van der Waals surface area contributed by atoms with Gasteiger partial charge in [0.1, 0.15) is 6.04 Å². The summed E-state index contributed by atoms with van der Waals surface area (Å²) >= 11 is 0. The minimum atomic E-state index is -5.08. The Morgan fingerprint density at radius 1 is 1.11 bits per heavy atom. The Morgan fingerprint density at radius 3 is 2.37 bits per heavy atom. The van der Waals surface area contributed by atoms with Gasteiger partial charge < -0.3 is 20.3 Å². The third kappa shape index (κ3) is 6.13. The molecule has 12 heteroatoms. The molecule has 1 aromatic heterocycles. The van der Waals surface area contributed by atoms with Gasteiger partial charge in [-0.05, 0) is 22.6 Å². The number of hydrogen-bond donors (Lipinski definition) is 3. The topological polar surface area (TPSA) is 96.3 Å². The van der Waals surface area contributed by atoms with Crippen LogP contribution in [-0.2, 0) is 29.2 Å². The van der Waals surface area contributed by atoms with E-state index in [9.17, 15) is 26.7 Å². The largest absolute Gasteiger partial charge is 0.490 e. The lowest BCUT2D eigenvalue weighted by atomic mass is 10.0. The van der Waals surface area contributed by atoms with Crippen LogP contribution in [-0.4, -0.2) is 32.7 Å². The molecule has 188 valence electrons. The number of amides is 1. The van der Waals surface area contributed by atoms with E-state index in [2.05, 4.69) is 27.8 Å². The van der Waals surface area contributed by atoms with Gasteiger partial charge in [0.2, 0.25) is 5.91 Å². The smallest absolute Gasteiger partial charge is 0.475 e. The highest BCUT2D eigenvalue weighted by atomic mass is 19.4. The quantitative estimate of drug-likeness (QED) is 0.461. The van der Waals surface area contributed by atoms with E-state index in [1.54, 1.807) is 4.57 Å². The van der Waals surface area contributed by atoms with Crippen LogP contribution in [0.5, 0.6) is 0 Å². The maximum atomic E-state index is 13.7. The van der Waals surface area contributed by atoms with Gasteiger partial charge in [-0.2, -0.15) is 13.2 Å². The molecule has 0 aliphatic carbocycles. The lowest BCUT2D eigenvalue weighted by Gasteiger charge is -2.22. The molecule has 4 rings (SSSR count). The number of halogens is 5. The number of carboxylic acid groups (broad SMARTS) is 1. The summed E-state index contributed by atoms with van der Waals surface area (Å²) in [5.74, 6) is -4.90. The zero-order chi connectivity index (χ0) is 25.9. The third-order valence-corrected chi connectivity index (χ3v) is 5.43. The van der Waals surface area contributed by atoms with E-state index >= 15 is 0 Å². The predicted octanol–water partition coefficient (Wildman–Crippen LogP) is 4.06. The molecule has 1 aliphatic heterocycles. The lowest BCUT2D eigenvalue weighted by Crippen LogP contribution is -2.35. The van der Waals surface area contributed by atoms with E-state index in [1.807, 2.05) is 19.9 Å². The van der Waals surface area contributed by atoms with Gasteiger partial charge in [0.15, 0.2) is 11.6 Å². The highest BCUT2D eigenvalue weighted by molar-refractivity contribution is 5.84. The number of imidazole rings is 1. The first-order valence-corrected chi connectivity index (χ1v) is 10.6. The Morgan fingerprint density at radius 2 is 1.74 bits per heavy atom. The van der Waals surface area contributed by atoms with Crippen LogP contribution in [0, 0.1) is 17.6 Å². The van der Waals surface area contributed by atoms with Crippen molar-refractivity contribution in [1.29, 1.82) is 0 Å². The summed E-state index contributed by atoms with van der Waals surface area (Å²) < 4.78 is 60.6. The average Bonchev–Trinajstić information content (AvgIpc) is 3.39. The molecule has 3 N–H and O–H groups in total. The van der Waals surface area contributed by atoms with Gasteiger partial charge >= 0.3 is 12.1 Å². The zero-order valence-electron chi connectivity index (χ0n) is 18.8. The molecule has 1 unspecified atom stereocenters. The first-order valence-electron chi connectivity index (χ1n) is 10.6. The average molecular weight is 498 g/mol. The van der Waals surface area contributed by atoms with E-state index in [4.69, 9.17) is 9.90 Å². The van der Waals surface area contributed by atoms with E-state index in [0.29, 0.717) is 17.6 Å². The molecule has 3 aromatic rings. The molecule has 0 radical (unpaired) electrons. The van der Waals surface area contributed by atoms with Gasteiger partial charge in [-0.1, -0.05) is 32.0 Å². The summed E-state index contributed by atoms with van der Waals surface area (Å²) in [5, 5.41) is 13.4. The van der Waals surface area contributed by atoms with Crippen LogP contribution in [0.15, 0.2) is 36.7 Å². The van der Waals surface area contributed by atoms with E-state index in [1.165, 1.54) is 17.5 Å². The summed E-state index contributed by atoms with van der Waals surface area (Å²) in [5.41, 5.74) is 4.29. The molecule has 0 saturated heterocycles. The number of hydrogen-bond acceptors (Lipinski definition) is 4. The van der Waals surface area contributed by atoms with Crippen molar-refractivity contribution in [3.05, 3.63) is 65.0 Å². The maximum absolute atomic E-state index is 13.7. The number of carbonyl (C=O) groups excluding carboxylic acids is 1. The number of aromatic nitrogens is 2. The normalized spacial score (nSPS) is 13.8. The number of aliphatic carboxylic acids is 1. The van der Waals surface area contributed by atoms with Crippen molar-refractivity contribution in [3.8, 4) is 0 Å². The second kappa shape index (κ2) is 10.4. The van der Waals surface area contributed by atoms with Gasteiger partial charge in [0.05, 0.1) is 17.4 Å². The van der Waals surface area contributed by atoms with Crippen LogP contribution in [0.25, 0.3) is 11.0 Å². The highest BCUT2D eigenvalue weighted by Gasteiger charge is 2.38. The van der Waals surface area contributed by atoms with Gasteiger partial charge in [0, 0.05) is 31.8 Å². The number of alkyl halides is 3. The highest BCUT2D eigenvalue weighted by Crippen LogP contribution is 2.26. The maximum Gasteiger partial charge on any atom is 0.490 e. The molecular weight excluding hydrogens is 475 g/mol. The van der Waals surface area contributed by atoms with Gasteiger partial charge in [0.25, 0.3) is 0 Å². The van der Waals surface area contributed by atoms with Crippen molar-refractivity contribution in [2.24, 2.45) is 5.92 Å². The minimum Gasteiger partial charge on any atom is -0.475 e. The Hall–Kier alpha value is -3.54. The standard InChI is InChI=1S/C21H22F2N4O.C2HF3O2/c1-12(2)20(27-11-26-18-6-16(22)17(23)7-19(18)27)21(28)25-8-13-3-4-14-9-24-10-15(14)5-13;3-2(4,5)1(6)7/h3-7,11-12,20,24H,8-10H2,1-2H3,(H,25,28);(H,6,7). The van der Waals surface area contributed by atoms with Crippen LogP contribution in [0.4, 0.5) is 22.0 Å². The first-order chi connectivity index (χ1) is 16.4. The SMILES string of the molecule is CC(C)C(C(=O)NCc1ccc2c(c1)CNC2)n1cnc2cc(F)c(F)cc21.O=C(O)C(F)(F)F. The van der Waals surface area contributed by atoms with Crippen molar-refractivity contribution in [2.75, 3.05) is 0 Å². The van der Waals surface area contributed by atoms with Crippen molar-refractivity contribution in [1.82, 2.24) is 20.2 Å². The molecule has 0 fully saturated rings. The van der Waals surface area contributed by atoms with Crippen molar-refractivity contribution in [2.45, 2.75) is 45.7 Å². The van der Waals surface area contributed by atoms with E-state index in [-0.39, 0.29) is 11.8 Å². The van der Waals surface area contributed by atoms with Crippen LogP contribution in [0.2, 0.25) is 0 Å². The molecule has 1 atom stereocenters. The van der Waals surface area contributed by atoms with Gasteiger partial charge in [-0.15, -0.1) is 0 Å². The van der Waals surface area contributed by atoms with Crippen LogP contribution in [0.1, 0.15) is 36.6 Å². The lowest BCUT2D eigenvalue weighted by molar-refractivity contribution is -0.192. The number of benzene rings is 2. The summed E-state index contributed by atoms with van der Waals surface area (Å²) in [6.07, 6.45) is -3.62. The van der Waals surface area contributed by atoms with Crippen LogP contribution < -0.4 is 10.6 Å². The molecular formula is C23H23F5N4O3. The summed E-state index contributed by atoms with van der Waals surface area (Å²) in [7, 11) is 0. The molecule has 2 heterocycles. The molecule has 35 heavy (non-hydrogen) atoms. The Labute approximate surface area is 197 Å². The second-order valence-electron chi connectivity index (χ2n) is 8.32. The molecule has 1 aliphatic rings. The fraction of sp³-hybridized carbons (Fsp3) is 0.348. The minimum absolute atomic E-state index is 0.0604.